The number of esters is 2. The monoisotopic (exact) mass is 363 g/mol. The molecule has 6 heteroatoms. The molecular formula is C19H22ClNO4. The lowest BCUT2D eigenvalue weighted by Crippen LogP contribution is -2.32. The second kappa shape index (κ2) is 11.2. The first-order chi connectivity index (χ1) is 11.6. The molecular weight excluding hydrogens is 342 g/mol. The number of hydrogen-bond acceptors (Lipinski definition) is 5. The average Bonchev–Trinajstić information content (AvgIpc) is 2.64. The van der Waals surface area contributed by atoms with Crippen molar-refractivity contribution in [2.45, 2.75) is 32.1 Å². The summed E-state index contributed by atoms with van der Waals surface area (Å²) in [5, 5.41) is 0. The number of carbonyl (C=O) groups excluding carboxylic acids is 2. The van der Waals surface area contributed by atoms with E-state index >= 15 is 0 Å². The molecule has 0 aliphatic heterocycles. The molecule has 0 amide bonds. The van der Waals surface area contributed by atoms with Crippen molar-refractivity contribution in [2.24, 2.45) is 5.73 Å². The van der Waals surface area contributed by atoms with E-state index in [9.17, 15) is 9.59 Å². The molecule has 0 aliphatic carbocycles. The van der Waals surface area contributed by atoms with Crippen LogP contribution in [0.2, 0.25) is 0 Å². The van der Waals surface area contributed by atoms with Gasteiger partial charge in [0.25, 0.3) is 0 Å². The first-order valence-electron chi connectivity index (χ1n) is 7.81. The molecule has 0 aliphatic rings. The Labute approximate surface area is 153 Å². The standard InChI is InChI=1S/C19H21NO4.ClH/c20-17(19(22)24-14-16-9-5-2-6-10-16)11-12-18(21)23-13-15-7-3-1-4-8-15;/h1-10,17H,11-14,20H2;1H/t17-;/m1./s1. The van der Waals surface area contributed by atoms with Crippen molar-refractivity contribution in [3.8, 4) is 0 Å². The minimum atomic E-state index is -0.835. The zero-order valence-corrected chi connectivity index (χ0v) is 14.6. The third kappa shape index (κ3) is 7.83. The SMILES string of the molecule is Cl.N[C@H](CCC(=O)OCc1ccccc1)C(=O)OCc1ccccc1. The molecule has 2 aromatic carbocycles. The third-order valence-electron chi connectivity index (χ3n) is 3.43. The highest BCUT2D eigenvalue weighted by atomic mass is 35.5. The minimum absolute atomic E-state index is 0. The van der Waals surface area contributed by atoms with Crippen molar-refractivity contribution in [1.82, 2.24) is 0 Å². The van der Waals surface area contributed by atoms with E-state index in [4.69, 9.17) is 15.2 Å². The minimum Gasteiger partial charge on any atom is -0.461 e. The molecule has 0 heterocycles. The Hall–Kier alpha value is -2.37. The van der Waals surface area contributed by atoms with Gasteiger partial charge in [0.15, 0.2) is 0 Å². The summed E-state index contributed by atoms with van der Waals surface area (Å²) in [6.45, 7) is 0.388. The summed E-state index contributed by atoms with van der Waals surface area (Å²) < 4.78 is 10.3. The second-order valence-electron chi connectivity index (χ2n) is 5.38. The zero-order valence-electron chi connectivity index (χ0n) is 13.8. The smallest absolute Gasteiger partial charge is 0.323 e. The van der Waals surface area contributed by atoms with E-state index < -0.39 is 12.0 Å². The van der Waals surface area contributed by atoms with Gasteiger partial charge in [-0.15, -0.1) is 12.4 Å². The molecule has 0 aromatic heterocycles. The number of benzene rings is 2. The van der Waals surface area contributed by atoms with E-state index in [1.165, 1.54) is 0 Å². The fraction of sp³-hybridized carbons (Fsp3) is 0.263. The number of carbonyl (C=O) groups is 2. The van der Waals surface area contributed by atoms with Gasteiger partial charge in [-0.2, -0.15) is 0 Å². The van der Waals surface area contributed by atoms with Crippen LogP contribution in [0.15, 0.2) is 60.7 Å². The molecule has 25 heavy (non-hydrogen) atoms. The maximum Gasteiger partial charge on any atom is 0.323 e. The van der Waals surface area contributed by atoms with E-state index in [-0.39, 0.29) is 44.4 Å². The van der Waals surface area contributed by atoms with E-state index in [0.29, 0.717) is 0 Å². The van der Waals surface area contributed by atoms with Crippen molar-refractivity contribution >= 4 is 24.3 Å². The van der Waals surface area contributed by atoms with Gasteiger partial charge in [0.05, 0.1) is 0 Å². The lowest BCUT2D eigenvalue weighted by molar-refractivity contribution is -0.148. The molecule has 1 atom stereocenters. The molecule has 0 unspecified atom stereocenters. The summed E-state index contributed by atoms with van der Waals surface area (Å²) in [7, 11) is 0. The van der Waals surface area contributed by atoms with Gasteiger partial charge in [0.1, 0.15) is 19.3 Å². The van der Waals surface area contributed by atoms with Crippen molar-refractivity contribution in [3.63, 3.8) is 0 Å². The van der Waals surface area contributed by atoms with E-state index in [2.05, 4.69) is 0 Å². The number of ether oxygens (including phenoxy) is 2. The number of rotatable bonds is 8. The fourth-order valence-corrected chi connectivity index (χ4v) is 2.04. The number of halogens is 1. The molecule has 0 fully saturated rings. The predicted octanol–water partition coefficient (Wildman–Crippen LogP) is 3.00. The summed E-state index contributed by atoms with van der Waals surface area (Å²) in [6, 6.07) is 17.9. The normalized spacial score (nSPS) is 11.1. The Morgan fingerprint density at radius 2 is 1.32 bits per heavy atom. The maximum atomic E-state index is 11.8. The lowest BCUT2D eigenvalue weighted by atomic mass is 10.1. The fourth-order valence-electron chi connectivity index (χ4n) is 2.04. The van der Waals surface area contributed by atoms with Crippen LogP contribution in [-0.2, 0) is 32.3 Å². The molecule has 0 radical (unpaired) electrons. The quantitative estimate of drug-likeness (QED) is 0.729. The first kappa shape index (κ1) is 20.7. The van der Waals surface area contributed by atoms with Crippen molar-refractivity contribution in [3.05, 3.63) is 71.8 Å². The molecule has 134 valence electrons. The maximum absolute atomic E-state index is 11.8. The lowest BCUT2D eigenvalue weighted by Gasteiger charge is -2.11. The Morgan fingerprint density at radius 1 is 0.840 bits per heavy atom. The topological polar surface area (TPSA) is 78.6 Å². The highest BCUT2D eigenvalue weighted by Gasteiger charge is 2.17. The first-order valence-corrected chi connectivity index (χ1v) is 7.81. The molecule has 5 nitrogen and oxygen atoms in total. The van der Waals surface area contributed by atoms with Gasteiger partial charge < -0.3 is 15.2 Å². The van der Waals surface area contributed by atoms with Crippen LogP contribution < -0.4 is 5.73 Å². The molecule has 0 spiro atoms. The van der Waals surface area contributed by atoms with Crippen LogP contribution in [0.5, 0.6) is 0 Å². The number of hydrogen-bond donors (Lipinski definition) is 1. The highest BCUT2D eigenvalue weighted by Crippen LogP contribution is 2.06. The van der Waals surface area contributed by atoms with Crippen molar-refractivity contribution in [2.75, 3.05) is 0 Å². The van der Waals surface area contributed by atoms with E-state index in [1.807, 2.05) is 60.7 Å². The summed E-state index contributed by atoms with van der Waals surface area (Å²) in [6.07, 6.45) is 0.273. The van der Waals surface area contributed by atoms with Crippen LogP contribution in [0.1, 0.15) is 24.0 Å². The van der Waals surface area contributed by atoms with Crippen LogP contribution >= 0.6 is 12.4 Å². The largest absolute Gasteiger partial charge is 0.461 e. The third-order valence-corrected chi connectivity index (χ3v) is 3.43. The van der Waals surface area contributed by atoms with Crippen LogP contribution in [0.25, 0.3) is 0 Å². The molecule has 0 saturated heterocycles. The van der Waals surface area contributed by atoms with Crippen molar-refractivity contribution < 1.29 is 19.1 Å². The Balaban J connectivity index is 0.00000312. The summed E-state index contributed by atoms with van der Waals surface area (Å²) in [5.74, 6) is -0.903. The number of nitrogens with two attached hydrogens (primary N) is 1. The van der Waals surface area contributed by atoms with Crippen LogP contribution in [0.3, 0.4) is 0 Å². The van der Waals surface area contributed by atoms with Crippen LogP contribution in [-0.4, -0.2) is 18.0 Å². The highest BCUT2D eigenvalue weighted by molar-refractivity contribution is 5.85. The average molecular weight is 364 g/mol. The van der Waals surface area contributed by atoms with Crippen LogP contribution in [0, 0.1) is 0 Å². The van der Waals surface area contributed by atoms with E-state index in [0.717, 1.165) is 11.1 Å². The Morgan fingerprint density at radius 3 is 1.84 bits per heavy atom. The molecule has 0 bridgehead atoms. The van der Waals surface area contributed by atoms with Gasteiger partial charge in [-0.3, -0.25) is 9.59 Å². The molecule has 2 N–H and O–H groups in total. The Bertz CT molecular complexity index is 649. The Kier molecular flexibility index (Phi) is 9.29. The predicted molar refractivity (Wildman–Crippen MR) is 96.9 cm³/mol. The molecule has 2 rings (SSSR count). The van der Waals surface area contributed by atoms with Gasteiger partial charge in [-0.1, -0.05) is 60.7 Å². The van der Waals surface area contributed by atoms with Gasteiger partial charge in [-0.25, -0.2) is 0 Å². The van der Waals surface area contributed by atoms with Gasteiger partial charge >= 0.3 is 11.9 Å². The van der Waals surface area contributed by atoms with E-state index in [1.54, 1.807) is 0 Å². The van der Waals surface area contributed by atoms with Gasteiger partial charge in [0.2, 0.25) is 0 Å². The van der Waals surface area contributed by atoms with Gasteiger partial charge in [-0.05, 0) is 17.5 Å². The summed E-state index contributed by atoms with van der Waals surface area (Å²) >= 11 is 0. The van der Waals surface area contributed by atoms with Crippen molar-refractivity contribution in [1.29, 1.82) is 0 Å². The van der Waals surface area contributed by atoms with Gasteiger partial charge in [0, 0.05) is 6.42 Å². The second-order valence-corrected chi connectivity index (χ2v) is 5.38. The van der Waals surface area contributed by atoms with Crippen LogP contribution in [0.4, 0.5) is 0 Å². The molecule has 0 saturated carbocycles. The zero-order chi connectivity index (χ0) is 17.2. The summed E-state index contributed by atoms with van der Waals surface area (Å²) in [4.78, 5) is 23.5. The molecule has 2 aromatic rings. The summed E-state index contributed by atoms with van der Waals surface area (Å²) in [5.41, 5.74) is 7.56.